The van der Waals surface area contributed by atoms with Gasteiger partial charge in [0.15, 0.2) is 0 Å². The Bertz CT molecular complexity index is 623. The fraction of sp³-hybridized carbons (Fsp3) is 0.579. The molecule has 1 saturated heterocycles. The lowest BCUT2D eigenvalue weighted by Gasteiger charge is -2.35. The quantitative estimate of drug-likeness (QED) is 0.870. The van der Waals surface area contributed by atoms with Gasteiger partial charge in [-0.2, -0.15) is 0 Å². The van der Waals surface area contributed by atoms with Gasteiger partial charge in [0.25, 0.3) is 0 Å². The Balaban J connectivity index is 1.68. The fourth-order valence-corrected chi connectivity index (χ4v) is 2.77. The maximum Gasteiger partial charge on any atom is 0.407 e. The first kappa shape index (κ1) is 20.2. The van der Waals surface area contributed by atoms with Crippen molar-refractivity contribution in [3.8, 4) is 0 Å². The molecule has 0 unspecified atom stereocenters. The van der Waals surface area contributed by atoms with Crippen LogP contribution in [-0.2, 0) is 16.1 Å². The zero-order valence-corrected chi connectivity index (χ0v) is 15.8. The van der Waals surface area contributed by atoms with E-state index in [1.165, 1.54) is 6.07 Å². The van der Waals surface area contributed by atoms with E-state index < -0.39 is 11.7 Å². The minimum absolute atomic E-state index is 0.00611. The van der Waals surface area contributed by atoms with Crippen molar-refractivity contribution in [3.05, 3.63) is 35.6 Å². The number of nitrogens with one attached hydrogen (secondary N) is 1. The summed E-state index contributed by atoms with van der Waals surface area (Å²) in [5.41, 5.74) is 0.122. The second kappa shape index (κ2) is 8.98. The van der Waals surface area contributed by atoms with Gasteiger partial charge >= 0.3 is 6.09 Å². The first-order valence-corrected chi connectivity index (χ1v) is 8.95. The smallest absolute Gasteiger partial charge is 0.407 e. The summed E-state index contributed by atoms with van der Waals surface area (Å²) in [4.78, 5) is 27.7. The predicted octanol–water partition coefficient (Wildman–Crippen LogP) is 2.38. The van der Waals surface area contributed by atoms with Crippen molar-refractivity contribution >= 4 is 12.0 Å². The van der Waals surface area contributed by atoms with Crippen molar-refractivity contribution in [3.63, 3.8) is 0 Å². The van der Waals surface area contributed by atoms with Gasteiger partial charge in [0.05, 0.1) is 0 Å². The van der Waals surface area contributed by atoms with Gasteiger partial charge in [-0.05, 0) is 26.8 Å². The molecule has 0 aromatic heterocycles. The Kier molecular flexibility index (Phi) is 6.97. The topological polar surface area (TPSA) is 61.9 Å². The maximum atomic E-state index is 13.7. The molecule has 0 saturated carbocycles. The summed E-state index contributed by atoms with van der Waals surface area (Å²) in [6.45, 7) is 8.81. The van der Waals surface area contributed by atoms with Gasteiger partial charge in [-0.3, -0.25) is 9.69 Å². The van der Waals surface area contributed by atoms with Crippen LogP contribution in [0.25, 0.3) is 0 Å². The van der Waals surface area contributed by atoms with E-state index in [0.717, 1.165) is 0 Å². The van der Waals surface area contributed by atoms with Gasteiger partial charge in [0.1, 0.15) is 11.4 Å². The molecule has 1 aromatic rings. The van der Waals surface area contributed by atoms with E-state index in [2.05, 4.69) is 10.2 Å². The number of rotatable bonds is 5. The van der Waals surface area contributed by atoms with Crippen molar-refractivity contribution in [2.45, 2.75) is 39.3 Å². The van der Waals surface area contributed by atoms with E-state index in [1.807, 2.05) is 6.07 Å². The standard InChI is InChI=1S/C19H28FN3O3/c1-19(2,3)26-18(25)21-9-8-17(24)23-12-10-22(11-13-23)14-15-6-4-5-7-16(15)20/h4-7H,8-14H2,1-3H3,(H,21,25). The SMILES string of the molecule is CC(C)(C)OC(=O)NCCC(=O)N1CCN(Cc2ccccc2F)CC1. The highest BCUT2D eigenvalue weighted by molar-refractivity contribution is 5.77. The van der Waals surface area contributed by atoms with Gasteiger partial charge in [-0.1, -0.05) is 18.2 Å². The minimum atomic E-state index is -0.553. The molecule has 0 radical (unpaired) electrons. The molecule has 26 heavy (non-hydrogen) atoms. The van der Waals surface area contributed by atoms with Crippen LogP contribution >= 0.6 is 0 Å². The third-order valence-electron chi connectivity index (χ3n) is 4.08. The van der Waals surface area contributed by atoms with Crippen molar-refractivity contribution in [2.24, 2.45) is 0 Å². The number of alkyl carbamates (subject to hydrolysis) is 1. The molecule has 0 bridgehead atoms. The number of carbonyl (C=O) groups excluding carboxylic acids is 2. The largest absolute Gasteiger partial charge is 0.444 e. The third kappa shape index (κ3) is 6.63. The second-order valence-electron chi connectivity index (χ2n) is 7.43. The lowest BCUT2D eigenvalue weighted by Crippen LogP contribution is -2.48. The summed E-state index contributed by atoms with van der Waals surface area (Å²) < 4.78 is 18.9. The monoisotopic (exact) mass is 365 g/mol. The highest BCUT2D eigenvalue weighted by atomic mass is 19.1. The van der Waals surface area contributed by atoms with E-state index in [0.29, 0.717) is 38.3 Å². The number of piperazine rings is 1. The zero-order chi connectivity index (χ0) is 19.2. The van der Waals surface area contributed by atoms with Crippen LogP contribution in [0, 0.1) is 5.82 Å². The van der Waals surface area contributed by atoms with Gasteiger partial charge in [0.2, 0.25) is 5.91 Å². The average molecular weight is 365 g/mol. The lowest BCUT2D eigenvalue weighted by molar-refractivity contribution is -0.132. The summed E-state index contributed by atoms with van der Waals surface area (Å²) in [7, 11) is 0. The Hall–Kier alpha value is -2.15. The van der Waals surface area contributed by atoms with Gasteiger partial charge in [-0.25, -0.2) is 9.18 Å². The Morgan fingerprint density at radius 1 is 1.15 bits per heavy atom. The number of benzene rings is 1. The molecule has 1 fully saturated rings. The number of carbonyl (C=O) groups is 2. The number of amides is 2. The molecule has 1 N–H and O–H groups in total. The van der Waals surface area contributed by atoms with E-state index >= 15 is 0 Å². The summed E-state index contributed by atoms with van der Waals surface area (Å²) in [5.74, 6) is -0.189. The molecule has 1 aromatic carbocycles. The highest BCUT2D eigenvalue weighted by Crippen LogP contribution is 2.12. The molecule has 0 aliphatic carbocycles. The van der Waals surface area contributed by atoms with Gasteiger partial charge in [-0.15, -0.1) is 0 Å². The van der Waals surface area contributed by atoms with Crippen LogP contribution in [0.3, 0.4) is 0 Å². The average Bonchev–Trinajstić information content (AvgIpc) is 2.56. The van der Waals surface area contributed by atoms with E-state index in [9.17, 15) is 14.0 Å². The molecule has 7 heteroatoms. The van der Waals surface area contributed by atoms with Crippen LogP contribution in [0.1, 0.15) is 32.8 Å². The molecule has 2 amide bonds. The first-order chi connectivity index (χ1) is 12.2. The van der Waals surface area contributed by atoms with Crippen molar-refractivity contribution in [2.75, 3.05) is 32.7 Å². The first-order valence-electron chi connectivity index (χ1n) is 8.95. The van der Waals surface area contributed by atoms with E-state index in [4.69, 9.17) is 4.74 Å². The molecule has 144 valence electrons. The highest BCUT2D eigenvalue weighted by Gasteiger charge is 2.22. The second-order valence-corrected chi connectivity index (χ2v) is 7.43. The minimum Gasteiger partial charge on any atom is -0.444 e. The predicted molar refractivity (Wildman–Crippen MR) is 97.1 cm³/mol. The van der Waals surface area contributed by atoms with E-state index in [-0.39, 0.29) is 24.7 Å². The van der Waals surface area contributed by atoms with Crippen LogP contribution < -0.4 is 5.32 Å². The van der Waals surface area contributed by atoms with Crippen LogP contribution in [0.4, 0.5) is 9.18 Å². The molecule has 1 aliphatic rings. The molecule has 2 rings (SSSR count). The summed E-state index contributed by atoms with van der Waals surface area (Å²) >= 11 is 0. The van der Waals surface area contributed by atoms with Crippen LogP contribution in [0.15, 0.2) is 24.3 Å². The Labute approximate surface area is 154 Å². The zero-order valence-electron chi connectivity index (χ0n) is 15.8. The molecular formula is C19H28FN3O3. The number of halogens is 1. The summed E-state index contributed by atoms with van der Waals surface area (Å²) in [6.07, 6.45) is -0.271. The molecule has 6 nitrogen and oxygen atoms in total. The van der Waals surface area contributed by atoms with Crippen molar-refractivity contribution in [1.29, 1.82) is 0 Å². The van der Waals surface area contributed by atoms with Gasteiger partial charge in [0, 0.05) is 51.3 Å². The summed E-state index contributed by atoms with van der Waals surface area (Å²) in [5, 5.41) is 2.60. The number of nitrogens with zero attached hydrogens (tertiary/aromatic N) is 2. The number of hydrogen-bond acceptors (Lipinski definition) is 4. The van der Waals surface area contributed by atoms with Crippen molar-refractivity contribution in [1.82, 2.24) is 15.1 Å². The van der Waals surface area contributed by atoms with Crippen LogP contribution in [-0.4, -0.2) is 60.1 Å². The molecule has 0 spiro atoms. The normalized spacial score (nSPS) is 15.6. The third-order valence-corrected chi connectivity index (χ3v) is 4.08. The Morgan fingerprint density at radius 2 is 1.81 bits per heavy atom. The lowest BCUT2D eigenvalue weighted by atomic mass is 10.2. The van der Waals surface area contributed by atoms with Gasteiger partial charge < -0.3 is 15.0 Å². The summed E-state index contributed by atoms with van der Waals surface area (Å²) in [6, 6.07) is 6.76. The van der Waals surface area contributed by atoms with Crippen LogP contribution in [0.5, 0.6) is 0 Å². The number of hydrogen-bond donors (Lipinski definition) is 1. The molecular weight excluding hydrogens is 337 g/mol. The van der Waals surface area contributed by atoms with E-state index in [1.54, 1.807) is 37.8 Å². The molecule has 1 heterocycles. The maximum absolute atomic E-state index is 13.7. The molecule has 0 atom stereocenters. The fourth-order valence-electron chi connectivity index (χ4n) is 2.77. The van der Waals surface area contributed by atoms with Crippen LogP contribution in [0.2, 0.25) is 0 Å². The number of ether oxygens (including phenoxy) is 1. The Morgan fingerprint density at radius 3 is 2.42 bits per heavy atom. The molecule has 1 aliphatic heterocycles. The van der Waals surface area contributed by atoms with Crippen molar-refractivity contribution < 1.29 is 18.7 Å².